The Balaban J connectivity index is 0.000000140. The number of oxazole rings is 2. The van der Waals surface area contributed by atoms with E-state index in [1.807, 2.05) is 54.6 Å². The summed E-state index contributed by atoms with van der Waals surface area (Å²) in [6.07, 6.45) is 0. The zero-order valence-electron chi connectivity index (χ0n) is 45.2. The number of para-hydroxylation sites is 4. The molecule has 4 heterocycles. The van der Waals surface area contributed by atoms with Crippen molar-refractivity contribution in [2.45, 2.75) is 13.8 Å². The monoisotopic (exact) mass is 1050 g/mol. The van der Waals surface area contributed by atoms with Gasteiger partial charge in [0, 0.05) is 44.0 Å². The lowest BCUT2D eigenvalue weighted by molar-refractivity contribution is 0.619. The molecule has 6 heteroatoms. The number of aryl methyl sites for hydroxylation is 2. The number of hydrogen-bond acceptors (Lipinski definition) is 4. The van der Waals surface area contributed by atoms with Gasteiger partial charge in [-0.1, -0.05) is 175 Å². The summed E-state index contributed by atoms with van der Waals surface area (Å²) in [7, 11) is 0. The molecule has 0 N–H and O–H groups in total. The molecule has 16 rings (SSSR count). The van der Waals surface area contributed by atoms with Gasteiger partial charge in [-0.2, -0.15) is 0 Å². The summed E-state index contributed by atoms with van der Waals surface area (Å²) in [5.41, 5.74) is 24.2. The highest BCUT2D eigenvalue weighted by Gasteiger charge is 2.20. The van der Waals surface area contributed by atoms with Crippen LogP contribution >= 0.6 is 0 Å². The molecule has 12 aromatic carbocycles. The fourth-order valence-electron chi connectivity index (χ4n) is 11.7. The highest BCUT2D eigenvalue weighted by molar-refractivity contribution is 6.13. The Morgan fingerprint density at radius 2 is 0.634 bits per heavy atom. The molecule has 0 radical (unpaired) electrons. The number of hydrogen-bond donors (Lipinski definition) is 0. The highest BCUT2D eigenvalue weighted by atomic mass is 16.4. The first-order valence-corrected chi connectivity index (χ1v) is 27.8. The van der Waals surface area contributed by atoms with Gasteiger partial charge in [0.25, 0.3) is 0 Å². The minimum absolute atomic E-state index is 0.635. The van der Waals surface area contributed by atoms with E-state index in [1.54, 1.807) is 0 Å². The van der Waals surface area contributed by atoms with Gasteiger partial charge in [-0.3, -0.25) is 0 Å². The summed E-state index contributed by atoms with van der Waals surface area (Å²) in [6, 6.07) is 98.5. The molecule has 0 amide bonds. The zero-order chi connectivity index (χ0) is 54.7. The Morgan fingerprint density at radius 3 is 1.13 bits per heavy atom. The first-order chi connectivity index (χ1) is 40.4. The Morgan fingerprint density at radius 1 is 0.268 bits per heavy atom. The van der Waals surface area contributed by atoms with E-state index < -0.39 is 0 Å². The first kappa shape index (κ1) is 48.3. The van der Waals surface area contributed by atoms with Gasteiger partial charge < -0.3 is 18.0 Å². The minimum atomic E-state index is 0.635. The molecule has 6 nitrogen and oxygen atoms in total. The van der Waals surface area contributed by atoms with Crippen LogP contribution in [0.5, 0.6) is 0 Å². The number of aromatic nitrogens is 4. The highest BCUT2D eigenvalue weighted by Crippen LogP contribution is 2.41. The largest absolute Gasteiger partial charge is 0.436 e. The Kier molecular flexibility index (Phi) is 11.9. The molecule has 82 heavy (non-hydrogen) atoms. The lowest BCUT2D eigenvalue weighted by atomic mass is 9.97. The van der Waals surface area contributed by atoms with Crippen LogP contribution in [0.25, 0.3) is 145 Å². The SMILES string of the molecule is Cc1ccc(-n2c3ccc(-c4ccccc4)cc3c3cc(-c4cccc(-c5nc6ccccc6o5)c4)ccc32)cc1.Cc1ccc(-n2c3ccc(-c4ccccc4)cc3c3cc(-c4ccccc4-c4nc5ccccc5o4)ccc32)cc1. The van der Waals surface area contributed by atoms with Gasteiger partial charge in [0.15, 0.2) is 11.2 Å². The molecule has 4 aromatic heterocycles. The van der Waals surface area contributed by atoms with Gasteiger partial charge in [0.2, 0.25) is 11.8 Å². The summed E-state index contributed by atoms with van der Waals surface area (Å²) in [5.74, 6) is 1.27. The van der Waals surface area contributed by atoms with Crippen molar-refractivity contribution < 1.29 is 8.83 Å². The van der Waals surface area contributed by atoms with Crippen LogP contribution in [0.15, 0.2) is 288 Å². The topological polar surface area (TPSA) is 61.9 Å². The normalized spacial score (nSPS) is 11.5. The van der Waals surface area contributed by atoms with E-state index in [0.717, 1.165) is 67.0 Å². The second-order valence-electron chi connectivity index (χ2n) is 21.1. The van der Waals surface area contributed by atoms with E-state index in [4.69, 9.17) is 18.8 Å². The van der Waals surface area contributed by atoms with Crippen LogP contribution in [-0.4, -0.2) is 19.1 Å². The number of rotatable bonds is 8. The van der Waals surface area contributed by atoms with E-state index in [-0.39, 0.29) is 0 Å². The molecule has 0 saturated heterocycles. The molecular weight excluding hydrogens is 1000 g/mol. The Labute approximate surface area is 474 Å². The average Bonchev–Trinajstić information content (AvgIpc) is 4.52. The van der Waals surface area contributed by atoms with Crippen molar-refractivity contribution in [2.75, 3.05) is 0 Å². The van der Waals surface area contributed by atoms with Crippen molar-refractivity contribution in [2.24, 2.45) is 0 Å². The third kappa shape index (κ3) is 8.71. The quantitative estimate of drug-likeness (QED) is 0.152. The molecule has 0 aliphatic carbocycles. The predicted molar refractivity (Wildman–Crippen MR) is 339 cm³/mol. The van der Waals surface area contributed by atoms with E-state index in [1.165, 1.54) is 77.0 Å². The zero-order valence-corrected chi connectivity index (χ0v) is 45.2. The smallest absolute Gasteiger partial charge is 0.227 e. The van der Waals surface area contributed by atoms with Crippen molar-refractivity contribution in [1.82, 2.24) is 19.1 Å². The molecule has 0 atom stereocenters. The maximum absolute atomic E-state index is 6.20. The second kappa shape index (κ2) is 20.1. The Hall–Kier alpha value is -10.8. The number of benzene rings is 12. The van der Waals surface area contributed by atoms with Crippen LogP contribution in [0.3, 0.4) is 0 Å². The molecule has 0 unspecified atom stereocenters. The third-order valence-corrected chi connectivity index (χ3v) is 15.8. The molecule has 0 aliphatic rings. The molecule has 0 fully saturated rings. The summed E-state index contributed by atoms with van der Waals surface area (Å²) >= 11 is 0. The lowest BCUT2D eigenvalue weighted by Crippen LogP contribution is -1.94. The number of fused-ring (bicyclic) bond motifs is 8. The van der Waals surface area contributed by atoms with Crippen LogP contribution in [0.2, 0.25) is 0 Å². The van der Waals surface area contributed by atoms with E-state index in [0.29, 0.717) is 11.8 Å². The summed E-state index contributed by atoms with van der Waals surface area (Å²) in [6.45, 7) is 4.26. The minimum Gasteiger partial charge on any atom is -0.436 e. The third-order valence-electron chi connectivity index (χ3n) is 15.8. The van der Waals surface area contributed by atoms with E-state index in [2.05, 4.69) is 247 Å². The van der Waals surface area contributed by atoms with Gasteiger partial charge in [0.1, 0.15) is 11.0 Å². The fraction of sp³-hybridized carbons (Fsp3) is 0.0263. The van der Waals surface area contributed by atoms with Gasteiger partial charge in [-0.05, 0) is 174 Å². The van der Waals surface area contributed by atoms with E-state index >= 15 is 0 Å². The standard InChI is InChI=1S/2C38H26N2O/c1-25-15-19-29(20-16-25)40-35-21-17-27(26-9-3-2-4-10-26)23-32(35)33-24-28(18-22-36(33)40)30-11-5-6-12-31(30)38-39-34-13-7-8-14-37(34)41-38;1-25-14-18-31(19-15-25)40-35-20-16-28(26-8-3-2-4-9-26)23-32(35)33-24-29(17-21-36(33)40)27-10-7-11-30(22-27)38-39-34-12-5-6-13-37(34)41-38/h2*2-24H,1H3. The predicted octanol–water partition coefficient (Wildman–Crippen LogP) is 20.5. The van der Waals surface area contributed by atoms with Gasteiger partial charge in [-0.25, -0.2) is 9.97 Å². The molecule has 388 valence electrons. The molecule has 16 aromatic rings. The second-order valence-corrected chi connectivity index (χ2v) is 21.1. The Bertz CT molecular complexity index is 4980. The van der Waals surface area contributed by atoms with Gasteiger partial charge in [0.05, 0.1) is 22.1 Å². The van der Waals surface area contributed by atoms with Crippen LogP contribution in [-0.2, 0) is 0 Å². The van der Waals surface area contributed by atoms with Crippen LogP contribution < -0.4 is 0 Å². The lowest BCUT2D eigenvalue weighted by Gasteiger charge is -2.10. The molecule has 0 spiro atoms. The maximum Gasteiger partial charge on any atom is 0.227 e. The summed E-state index contributed by atoms with van der Waals surface area (Å²) in [4.78, 5) is 9.53. The van der Waals surface area contributed by atoms with Crippen molar-refractivity contribution in [3.05, 3.63) is 290 Å². The first-order valence-electron chi connectivity index (χ1n) is 27.8. The van der Waals surface area contributed by atoms with Crippen molar-refractivity contribution >= 4 is 65.8 Å². The van der Waals surface area contributed by atoms with Crippen LogP contribution in [0, 0.1) is 13.8 Å². The van der Waals surface area contributed by atoms with Crippen LogP contribution in [0.1, 0.15) is 11.1 Å². The number of nitrogens with zero attached hydrogens (tertiary/aromatic N) is 4. The molecule has 0 aliphatic heterocycles. The van der Waals surface area contributed by atoms with Gasteiger partial charge >= 0.3 is 0 Å². The summed E-state index contributed by atoms with van der Waals surface area (Å²) in [5, 5.41) is 4.90. The van der Waals surface area contributed by atoms with Crippen molar-refractivity contribution in [3.8, 4) is 78.8 Å². The van der Waals surface area contributed by atoms with E-state index in [9.17, 15) is 0 Å². The van der Waals surface area contributed by atoms with Gasteiger partial charge in [-0.15, -0.1) is 0 Å². The average molecular weight is 1050 g/mol. The molecule has 0 bridgehead atoms. The maximum atomic E-state index is 6.20. The van der Waals surface area contributed by atoms with Crippen LogP contribution in [0.4, 0.5) is 0 Å². The van der Waals surface area contributed by atoms with Crippen molar-refractivity contribution in [3.63, 3.8) is 0 Å². The molecule has 0 saturated carbocycles. The summed E-state index contributed by atoms with van der Waals surface area (Å²) < 4.78 is 17.0. The molecular formula is C76H52N4O2. The fourth-order valence-corrected chi connectivity index (χ4v) is 11.7. The van der Waals surface area contributed by atoms with Crippen molar-refractivity contribution in [1.29, 1.82) is 0 Å².